The van der Waals surface area contributed by atoms with Gasteiger partial charge in [0, 0.05) is 11.9 Å². The van der Waals surface area contributed by atoms with Gasteiger partial charge in [-0.3, -0.25) is 9.78 Å². The second kappa shape index (κ2) is 8.23. The van der Waals surface area contributed by atoms with E-state index in [1.54, 1.807) is 32.5 Å². The molecule has 6 nitrogen and oxygen atoms in total. The van der Waals surface area contributed by atoms with Crippen LogP contribution in [0.1, 0.15) is 16.1 Å². The molecule has 1 aromatic heterocycles. The highest BCUT2D eigenvalue weighted by atomic mass is 16.5. The van der Waals surface area contributed by atoms with Crippen LogP contribution in [0.25, 0.3) is 0 Å². The van der Waals surface area contributed by atoms with Gasteiger partial charge in [0.15, 0.2) is 0 Å². The number of hydrogen-bond donors (Lipinski definition) is 2. The topological polar surface area (TPSA) is 72.5 Å². The second-order valence-corrected chi connectivity index (χ2v) is 5.91. The molecule has 1 heterocycles. The number of ether oxygens (including phenoxy) is 2. The molecule has 6 heteroatoms. The zero-order valence-electron chi connectivity index (χ0n) is 15.4. The molecule has 2 N–H and O–H groups in total. The number of benzene rings is 2. The van der Waals surface area contributed by atoms with Gasteiger partial charge in [0.1, 0.15) is 17.2 Å². The van der Waals surface area contributed by atoms with Gasteiger partial charge in [0.25, 0.3) is 5.91 Å². The molecule has 0 aliphatic carbocycles. The SMILES string of the molecule is COc1ccc(C)cc1NC(=O)c1cc(Nc2ccccc2OC)ccn1. The van der Waals surface area contributed by atoms with Crippen molar-refractivity contribution in [1.82, 2.24) is 4.98 Å². The van der Waals surface area contributed by atoms with Crippen molar-refractivity contribution >= 4 is 23.0 Å². The number of nitrogens with zero attached hydrogens (tertiary/aromatic N) is 1. The van der Waals surface area contributed by atoms with Crippen LogP contribution in [-0.2, 0) is 0 Å². The normalized spacial score (nSPS) is 10.2. The van der Waals surface area contributed by atoms with E-state index in [4.69, 9.17) is 9.47 Å². The molecule has 0 saturated carbocycles. The number of carbonyl (C=O) groups is 1. The van der Waals surface area contributed by atoms with E-state index in [1.807, 2.05) is 49.4 Å². The number of aromatic nitrogens is 1. The first kappa shape index (κ1) is 18.3. The number of rotatable bonds is 6. The van der Waals surface area contributed by atoms with Crippen LogP contribution >= 0.6 is 0 Å². The third-order valence-corrected chi connectivity index (χ3v) is 3.98. The van der Waals surface area contributed by atoms with Crippen molar-refractivity contribution in [3.63, 3.8) is 0 Å². The van der Waals surface area contributed by atoms with Crippen molar-refractivity contribution in [2.24, 2.45) is 0 Å². The van der Waals surface area contributed by atoms with Crippen molar-refractivity contribution in [2.75, 3.05) is 24.9 Å². The Labute approximate surface area is 158 Å². The molecule has 0 bridgehead atoms. The fourth-order valence-electron chi connectivity index (χ4n) is 2.64. The summed E-state index contributed by atoms with van der Waals surface area (Å²) in [6.45, 7) is 1.95. The Morgan fingerprint density at radius 2 is 1.67 bits per heavy atom. The first-order chi connectivity index (χ1) is 13.1. The molecule has 0 aliphatic heterocycles. The van der Waals surface area contributed by atoms with Crippen molar-refractivity contribution in [2.45, 2.75) is 6.92 Å². The molecule has 27 heavy (non-hydrogen) atoms. The Hall–Kier alpha value is -3.54. The fourth-order valence-corrected chi connectivity index (χ4v) is 2.64. The van der Waals surface area contributed by atoms with Gasteiger partial charge in [0.2, 0.25) is 0 Å². The Morgan fingerprint density at radius 3 is 2.44 bits per heavy atom. The predicted octanol–water partition coefficient (Wildman–Crippen LogP) is 4.40. The number of methoxy groups -OCH3 is 2. The molecule has 1 amide bonds. The summed E-state index contributed by atoms with van der Waals surface area (Å²) in [5, 5.41) is 6.10. The van der Waals surface area contributed by atoms with Gasteiger partial charge in [-0.2, -0.15) is 0 Å². The van der Waals surface area contributed by atoms with Gasteiger partial charge in [0.05, 0.1) is 25.6 Å². The highest BCUT2D eigenvalue weighted by Gasteiger charge is 2.12. The number of aryl methyl sites for hydroxylation is 1. The molecule has 3 rings (SSSR count). The number of carbonyl (C=O) groups excluding carboxylic acids is 1. The zero-order chi connectivity index (χ0) is 19.2. The summed E-state index contributed by atoms with van der Waals surface area (Å²) in [6.07, 6.45) is 1.58. The Bertz CT molecular complexity index is 957. The van der Waals surface area contributed by atoms with Gasteiger partial charge in [-0.1, -0.05) is 18.2 Å². The van der Waals surface area contributed by atoms with E-state index in [1.165, 1.54) is 0 Å². The minimum Gasteiger partial charge on any atom is -0.495 e. The van der Waals surface area contributed by atoms with Gasteiger partial charge in [-0.25, -0.2) is 0 Å². The third kappa shape index (κ3) is 4.36. The molecule has 0 fully saturated rings. The number of pyridine rings is 1. The molecule has 0 unspecified atom stereocenters. The van der Waals surface area contributed by atoms with Crippen LogP contribution in [0.2, 0.25) is 0 Å². The summed E-state index contributed by atoms with van der Waals surface area (Å²) >= 11 is 0. The standard InChI is InChI=1S/C21H21N3O3/c1-14-8-9-20(27-3)17(12-14)24-21(25)18-13-15(10-11-22-18)23-16-6-4-5-7-19(16)26-2/h4-13H,1-3H3,(H,22,23)(H,24,25). The number of nitrogens with one attached hydrogen (secondary N) is 2. The van der Waals surface area contributed by atoms with E-state index in [0.717, 1.165) is 16.9 Å². The third-order valence-electron chi connectivity index (χ3n) is 3.98. The maximum atomic E-state index is 12.6. The molecule has 0 spiro atoms. The minimum atomic E-state index is -0.317. The highest BCUT2D eigenvalue weighted by molar-refractivity contribution is 6.04. The molecule has 0 atom stereocenters. The summed E-state index contributed by atoms with van der Waals surface area (Å²) in [6, 6.07) is 16.6. The lowest BCUT2D eigenvalue weighted by Gasteiger charge is -2.13. The van der Waals surface area contributed by atoms with Crippen LogP contribution in [-0.4, -0.2) is 25.1 Å². The van der Waals surface area contributed by atoms with Crippen LogP contribution in [0.3, 0.4) is 0 Å². The van der Waals surface area contributed by atoms with Crippen molar-refractivity contribution in [1.29, 1.82) is 0 Å². The van der Waals surface area contributed by atoms with E-state index >= 15 is 0 Å². The smallest absolute Gasteiger partial charge is 0.274 e. The monoisotopic (exact) mass is 363 g/mol. The molecule has 2 aromatic carbocycles. The Balaban J connectivity index is 1.81. The second-order valence-electron chi connectivity index (χ2n) is 5.91. The Kier molecular flexibility index (Phi) is 5.56. The number of hydrogen-bond acceptors (Lipinski definition) is 5. The first-order valence-electron chi connectivity index (χ1n) is 8.43. The van der Waals surface area contributed by atoms with E-state index in [2.05, 4.69) is 15.6 Å². The highest BCUT2D eigenvalue weighted by Crippen LogP contribution is 2.28. The number of anilines is 3. The van der Waals surface area contributed by atoms with E-state index < -0.39 is 0 Å². The van der Waals surface area contributed by atoms with E-state index in [-0.39, 0.29) is 5.91 Å². The summed E-state index contributed by atoms with van der Waals surface area (Å²) in [5.74, 6) is 0.990. The Morgan fingerprint density at radius 1 is 0.926 bits per heavy atom. The van der Waals surface area contributed by atoms with Crippen molar-refractivity contribution in [3.05, 3.63) is 72.1 Å². The predicted molar refractivity (Wildman–Crippen MR) is 106 cm³/mol. The van der Waals surface area contributed by atoms with Gasteiger partial charge >= 0.3 is 0 Å². The molecule has 0 aliphatic rings. The summed E-state index contributed by atoms with van der Waals surface area (Å²) in [5.41, 5.74) is 3.45. The summed E-state index contributed by atoms with van der Waals surface area (Å²) in [4.78, 5) is 16.8. The van der Waals surface area contributed by atoms with Crippen LogP contribution in [0.15, 0.2) is 60.8 Å². The summed E-state index contributed by atoms with van der Waals surface area (Å²) < 4.78 is 10.6. The average Bonchev–Trinajstić information content (AvgIpc) is 2.69. The first-order valence-corrected chi connectivity index (χ1v) is 8.43. The lowest BCUT2D eigenvalue weighted by atomic mass is 10.2. The maximum Gasteiger partial charge on any atom is 0.274 e. The lowest BCUT2D eigenvalue weighted by molar-refractivity contribution is 0.102. The minimum absolute atomic E-state index is 0.290. The van der Waals surface area contributed by atoms with E-state index in [0.29, 0.717) is 22.9 Å². The largest absolute Gasteiger partial charge is 0.495 e. The van der Waals surface area contributed by atoms with Gasteiger partial charge in [-0.15, -0.1) is 0 Å². The molecular weight excluding hydrogens is 342 g/mol. The fraction of sp³-hybridized carbons (Fsp3) is 0.143. The van der Waals surface area contributed by atoms with Gasteiger partial charge < -0.3 is 20.1 Å². The molecule has 0 radical (unpaired) electrons. The molecule has 0 saturated heterocycles. The van der Waals surface area contributed by atoms with Crippen LogP contribution < -0.4 is 20.1 Å². The lowest BCUT2D eigenvalue weighted by Crippen LogP contribution is -2.14. The maximum absolute atomic E-state index is 12.6. The van der Waals surface area contributed by atoms with Crippen molar-refractivity contribution < 1.29 is 14.3 Å². The molecular formula is C21H21N3O3. The summed E-state index contributed by atoms with van der Waals surface area (Å²) in [7, 11) is 3.18. The molecule has 138 valence electrons. The average molecular weight is 363 g/mol. The van der Waals surface area contributed by atoms with Crippen molar-refractivity contribution in [3.8, 4) is 11.5 Å². The van der Waals surface area contributed by atoms with Crippen LogP contribution in [0.5, 0.6) is 11.5 Å². The quantitative estimate of drug-likeness (QED) is 0.679. The van der Waals surface area contributed by atoms with E-state index in [9.17, 15) is 4.79 Å². The van der Waals surface area contributed by atoms with Gasteiger partial charge in [-0.05, 0) is 48.9 Å². The number of amides is 1. The van der Waals surface area contributed by atoms with Crippen LogP contribution in [0, 0.1) is 6.92 Å². The molecule has 3 aromatic rings. The van der Waals surface area contributed by atoms with Crippen LogP contribution in [0.4, 0.5) is 17.1 Å². The zero-order valence-corrected chi connectivity index (χ0v) is 15.4. The number of para-hydroxylation sites is 2.